The number of anilines is 2. The summed E-state index contributed by atoms with van der Waals surface area (Å²) in [5.74, 6) is -1.97. The summed E-state index contributed by atoms with van der Waals surface area (Å²) in [5.41, 5.74) is 7.07. The molecule has 0 saturated heterocycles. The van der Waals surface area contributed by atoms with Crippen LogP contribution >= 0.6 is 23.2 Å². The second-order valence-electron chi connectivity index (χ2n) is 7.04. The molecule has 3 amide bonds. The molecule has 2 aromatic carbocycles. The highest BCUT2D eigenvalue weighted by Gasteiger charge is 2.21. The molecule has 0 radical (unpaired) electrons. The molecule has 0 aliphatic rings. The molecule has 180 valence electrons. The van der Waals surface area contributed by atoms with Gasteiger partial charge in [0.1, 0.15) is 0 Å². The highest BCUT2D eigenvalue weighted by atomic mass is 35.5. The average Bonchev–Trinajstić information content (AvgIpc) is 2.70. The van der Waals surface area contributed by atoms with Crippen molar-refractivity contribution >= 4 is 58.3 Å². The van der Waals surface area contributed by atoms with Gasteiger partial charge in [0.15, 0.2) is 0 Å². The molecular weight excluding hydrogens is 471 g/mol. The molecule has 0 heterocycles. The maximum absolute atomic E-state index is 12.5. The van der Waals surface area contributed by atoms with Gasteiger partial charge in [-0.25, -0.2) is 0 Å². The molecule has 11 heteroatoms. The van der Waals surface area contributed by atoms with Gasteiger partial charge in [-0.2, -0.15) is 0 Å². The summed E-state index contributed by atoms with van der Waals surface area (Å²) >= 11 is 12.1. The molecule has 9 nitrogen and oxygen atoms in total. The Morgan fingerprint density at radius 1 is 1.06 bits per heavy atom. The summed E-state index contributed by atoms with van der Waals surface area (Å²) in [6, 6.07) is 8.25. The van der Waals surface area contributed by atoms with Crippen molar-refractivity contribution in [3.05, 3.63) is 57.6 Å². The summed E-state index contributed by atoms with van der Waals surface area (Å²) in [5, 5.41) is 8.38. The number of nitrogens with two attached hydrogens (primary N) is 1. The quantitative estimate of drug-likeness (QED) is 0.307. The number of carbonyl (C=O) groups is 4. The van der Waals surface area contributed by atoms with E-state index in [2.05, 4.69) is 16.0 Å². The van der Waals surface area contributed by atoms with Crippen LogP contribution in [-0.4, -0.2) is 36.8 Å². The molecule has 0 aromatic heterocycles. The zero-order valence-electron chi connectivity index (χ0n) is 18.0. The molecule has 0 fully saturated rings. The molecule has 33 heavy (non-hydrogen) atoms. The summed E-state index contributed by atoms with van der Waals surface area (Å²) in [6.07, 6.45) is -0.153. The van der Waals surface area contributed by atoms with Crippen LogP contribution in [0.5, 0.6) is 0 Å². The first-order valence-corrected chi connectivity index (χ1v) is 10.7. The van der Waals surface area contributed by atoms with Crippen LogP contribution in [0.1, 0.15) is 45.1 Å². The fourth-order valence-electron chi connectivity index (χ4n) is 2.98. The molecule has 1 unspecified atom stereocenters. The Balaban J connectivity index is 0.00000578. The minimum atomic E-state index is -0.775. The van der Waals surface area contributed by atoms with E-state index in [4.69, 9.17) is 33.7 Å². The van der Waals surface area contributed by atoms with Crippen molar-refractivity contribution in [2.24, 2.45) is 0 Å². The first-order chi connectivity index (χ1) is 15.6. The van der Waals surface area contributed by atoms with Crippen LogP contribution in [0, 0.1) is 0 Å². The number of esters is 1. The third kappa shape index (κ3) is 8.63. The molecule has 2 aromatic rings. The number of rotatable bonds is 9. The van der Waals surface area contributed by atoms with Crippen LogP contribution in [0.3, 0.4) is 0 Å². The van der Waals surface area contributed by atoms with Crippen LogP contribution in [0.4, 0.5) is 11.4 Å². The Morgan fingerprint density at radius 2 is 1.73 bits per heavy atom. The summed E-state index contributed by atoms with van der Waals surface area (Å²) in [4.78, 5) is 48.3. The van der Waals surface area contributed by atoms with E-state index in [0.717, 1.165) is 0 Å². The third-order valence-corrected chi connectivity index (χ3v) is 4.68. The standard InChI is InChI=1S/C22H24Cl2N4O5.2H2/c1-3-33-21(31)10-19(13-4-15(23)8-16(24)5-13)28-20(30)11-26-22(32)14-6-17(25)9-18(7-14)27-12(2)29;;/h4-9,19H,3,10-11,25H2,1-2H3,(H,26,32)(H,27,29)(H,28,30);2*1H. The van der Waals surface area contributed by atoms with Gasteiger partial charge in [0, 0.05) is 36.8 Å². The maximum atomic E-state index is 12.5. The van der Waals surface area contributed by atoms with Crippen LogP contribution in [0.2, 0.25) is 10.0 Å². The number of nitrogen functional groups attached to an aromatic ring is 1. The largest absolute Gasteiger partial charge is 0.466 e. The number of hydrogen-bond acceptors (Lipinski definition) is 6. The topological polar surface area (TPSA) is 140 Å². The van der Waals surface area contributed by atoms with Crippen molar-refractivity contribution in [3.63, 3.8) is 0 Å². The van der Waals surface area contributed by atoms with Gasteiger partial charge in [0.2, 0.25) is 11.8 Å². The van der Waals surface area contributed by atoms with Crippen molar-refractivity contribution in [2.45, 2.75) is 26.3 Å². The van der Waals surface area contributed by atoms with Crippen molar-refractivity contribution in [2.75, 3.05) is 24.2 Å². The first kappa shape index (κ1) is 26.0. The normalized spacial score (nSPS) is 11.3. The van der Waals surface area contributed by atoms with Crippen LogP contribution < -0.4 is 21.7 Å². The monoisotopic (exact) mass is 498 g/mol. The van der Waals surface area contributed by atoms with E-state index in [-0.39, 0.29) is 39.6 Å². The Labute approximate surface area is 203 Å². The Morgan fingerprint density at radius 3 is 2.33 bits per heavy atom. The van der Waals surface area contributed by atoms with Gasteiger partial charge in [0.25, 0.3) is 5.91 Å². The highest BCUT2D eigenvalue weighted by molar-refractivity contribution is 6.34. The Bertz CT molecular complexity index is 1050. The molecule has 0 saturated carbocycles. The molecule has 2 rings (SSSR count). The molecular formula is C22H28Cl2N4O5. The number of hydrogen-bond donors (Lipinski definition) is 4. The molecule has 1 atom stereocenters. The predicted molar refractivity (Wildman–Crippen MR) is 130 cm³/mol. The first-order valence-electron chi connectivity index (χ1n) is 9.94. The van der Waals surface area contributed by atoms with E-state index in [9.17, 15) is 19.2 Å². The lowest BCUT2D eigenvalue weighted by Gasteiger charge is -2.19. The number of carbonyl (C=O) groups excluding carboxylic acids is 4. The second-order valence-corrected chi connectivity index (χ2v) is 7.91. The van der Waals surface area contributed by atoms with Gasteiger partial charge in [-0.1, -0.05) is 23.2 Å². The van der Waals surface area contributed by atoms with E-state index >= 15 is 0 Å². The molecule has 0 bridgehead atoms. The number of halogens is 2. The smallest absolute Gasteiger partial charge is 0.308 e. The van der Waals surface area contributed by atoms with Crippen molar-refractivity contribution in [1.82, 2.24) is 10.6 Å². The highest BCUT2D eigenvalue weighted by Crippen LogP contribution is 2.26. The summed E-state index contributed by atoms with van der Waals surface area (Å²) in [7, 11) is 0. The van der Waals surface area contributed by atoms with Gasteiger partial charge in [-0.15, -0.1) is 0 Å². The number of nitrogens with one attached hydrogen (secondary N) is 3. The van der Waals surface area contributed by atoms with E-state index in [1.54, 1.807) is 19.1 Å². The lowest BCUT2D eigenvalue weighted by Crippen LogP contribution is -2.39. The van der Waals surface area contributed by atoms with Gasteiger partial charge in [-0.3, -0.25) is 19.2 Å². The predicted octanol–water partition coefficient (Wildman–Crippen LogP) is 3.57. The average molecular weight is 499 g/mol. The van der Waals surface area contributed by atoms with Gasteiger partial charge in [-0.05, 0) is 48.9 Å². The summed E-state index contributed by atoms with van der Waals surface area (Å²) < 4.78 is 4.97. The molecule has 5 N–H and O–H groups in total. The van der Waals surface area contributed by atoms with Crippen LogP contribution in [0.25, 0.3) is 0 Å². The Hall–Kier alpha value is -3.30. The van der Waals surface area contributed by atoms with Crippen molar-refractivity contribution < 1.29 is 26.8 Å². The van der Waals surface area contributed by atoms with E-state index in [1.807, 2.05) is 0 Å². The lowest BCUT2D eigenvalue weighted by atomic mass is 10.0. The van der Waals surface area contributed by atoms with Crippen molar-refractivity contribution in [1.29, 1.82) is 0 Å². The van der Waals surface area contributed by atoms with Crippen molar-refractivity contribution in [3.8, 4) is 0 Å². The van der Waals surface area contributed by atoms with E-state index in [1.165, 1.54) is 31.2 Å². The fraction of sp³-hybridized carbons (Fsp3) is 0.273. The van der Waals surface area contributed by atoms with Crippen LogP contribution in [-0.2, 0) is 19.1 Å². The van der Waals surface area contributed by atoms with Gasteiger partial charge >= 0.3 is 5.97 Å². The zero-order valence-corrected chi connectivity index (χ0v) is 19.5. The summed E-state index contributed by atoms with van der Waals surface area (Å²) in [6.45, 7) is 2.81. The fourth-order valence-corrected chi connectivity index (χ4v) is 3.52. The van der Waals surface area contributed by atoms with Gasteiger partial charge < -0.3 is 26.4 Å². The Kier molecular flexibility index (Phi) is 9.50. The SMILES string of the molecule is CCOC(=O)CC(NC(=O)CNC(=O)c1cc(N)cc(NC(C)=O)c1)c1cc(Cl)cc(Cl)c1.[HH].[HH]. The molecule has 0 aliphatic carbocycles. The second kappa shape index (κ2) is 12.1. The van der Waals surface area contributed by atoms with E-state index < -0.39 is 23.8 Å². The number of amides is 3. The lowest BCUT2D eigenvalue weighted by molar-refractivity contribution is -0.143. The minimum Gasteiger partial charge on any atom is -0.466 e. The van der Waals surface area contributed by atoms with Crippen LogP contribution in [0.15, 0.2) is 36.4 Å². The van der Waals surface area contributed by atoms with E-state index in [0.29, 0.717) is 21.3 Å². The zero-order chi connectivity index (χ0) is 24.5. The molecule has 0 spiro atoms. The number of ether oxygens (including phenoxy) is 1. The van der Waals surface area contributed by atoms with Gasteiger partial charge in [0.05, 0.1) is 25.6 Å². The minimum absolute atomic E-state index is 0. The maximum Gasteiger partial charge on any atom is 0.308 e. The molecule has 0 aliphatic heterocycles. The number of benzene rings is 2. The third-order valence-electron chi connectivity index (χ3n) is 4.25.